The fraction of sp³-hybridized carbons (Fsp3) is 1.00. The summed E-state index contributed by atoms with van der Waals surface area (Å²) < 4.78 is 5.75. The summed E-state index contributed by atoms with van der Waals surface area (Å²) in [5, 5.41) is 3.98. The molecular weight excluding hydrogens is 210 g/mol. The highest BCUT2D eigenvalue weighted by molar-refractivity contribution is 5.06. The predicted molar refractivity (Wildman–Crippen MR) is 70.1 cm³/mol. The average molecular weight is 237 g/mol. The van der Waals surface area contributed by atoms with E-state index in [1.807, 2.05) is 0 Å². The maximum absolute atomic E-state index is 5.75. The van der Waals surface area contributed by atoms with Gasteiger partial charge >= 0.3 is 0 Å². The summed E-state index contributed by atoms with van der Waals surface area (Å²) in [7, 11) is 0. The van der Waals surface area contributed by atoms with Gasteiger partial charge in [0.25, 0.3) is 0 Å². The Morgan fingerprint density at radius 2 is 1.82 bits per heavy atom. The summed E-state index contributed by atoms with van der Waals surface area (Å²) >= 11 is 0. The predicted octanol–water partition coefficient (Wildman–Crippen LogP) is 3.26. The zero-order valence-corrected chi connectivity index (χ0v) is 11.4. The van der Waals surface area contributed by atoms with Crippen LogP contribution in [0.1, 0.15) is 65.2 Å². The second kappa shape index (κ2) is 4.24. The van der Waals surface area contributed by atoms with Gasteiger partial charge in [-0.3, -0.25) is 0 Å². The molecule has 0 aromatic carbocycles. The van der Waals surface area contributed by atoms with Crippen molar-refractivity contribution in [2.24, 2.45) is 5.41 Å². The molecule has 98 valence electrons. The van der Waals surface area contributed by atoms with E-state index in [2.05, 4.69) is 19.2 Å². The van der Waals surface area contributed by atoms with Crippen LogP contribution in [0.3, 0.4) is 0 Å². The van der Waals surface area contributed by atoms with Crippen molar-refractivity contribution < 1.29 is 4.74 Å². The first-order valence-corrected chi connectivity index (χ1v) is 7.54. The Kier molecular flexibility index (Phi) is 2.99. The van der Waals surface area contributed by atoms with Gasteiger partial charge in [-0.15, -0.1) is 0 Å². The molecule has 0 amide bonds. The van der Waals surface area contributed by atoms with Crippen molar-refractivity contribution in [2.45, 2.75) is 82.9 Å². The summed E-state index contributed by atoms with van der Waals surface area (Å²) in [4.78, 5) is 0. The van der Waals surface area contributed by atoms with Crippen molar-refractivity contribution in [1.82, 2.24) is 5.32 Å². The standard InChI is InChI=1S/C15H27NO/c1-12-14(2,10-11-17-12)16-13-6-9-15(13)7-4-3-5-8-15/h12-13,16H,3-11H2,1-2H3. The number of hydrogen-bond donors (Lipinski definition) is 1. The second-order valence-corrected chi connectivity index (χ2v) is 6.84. The van der Waals surface area contributed by atoms with Crippen LogP contribution >= 0.6 is 0 Å². The van der Waals surface area contributed by atoms with E-state index in [1.165, 1.54) is 51.4 Å². The van der Waals surface area contributed by atoms with Crippen LogP contribution in [-0.4, -0.2) is 24.3 Å². The van der Waals surface area contributed by atoms with E-state index in [4.69, 9.17) is 4.74 Å². The van der Waals surface area contributed by atoms with Gasteiger partial charge in [0, 0.05) is 18.2 Å². The molecule has 2 saturated carbocycles. The van der Waals surface area contributed by atoms with Gasteiger partial charge in [-0.2, -0.15) is 0 Å². The molecule has 0 bridgehead atoms. The summed E-state index contributed by atoms with van der Waals surface area (Å²) in [5.74, 6) is 0. The Morgan fingerprint density at radius 1 is 1.06 bits per heavy atom. The highest BCUT2D eigenvalue weighted by Gasteiger charge is 2.50. The summed E-state index contributed by atoms with van der Waals surface area (Å²) in [6.45, 7) is 5.52. The van der Waals surface area contributed by atoms with Gasteiger partial charge < -0.3 is 10.1 Å². The lowest BCUT2D eigenvalue weighted by molar-refractivity contribution is -0.00740. The molecule has 0 aromatic rings. The molecule has 1 heterocycles. The van der Waals surface area contributed by atoms with E-state index >= 15 is 0 Å². The van der Waals surface area contributed by atoms with Gasteiger partial charge in [0.1, 0.15) is 0 Å². The molecule has 0 radical (unpaired) electrons. The molecule has 2 heteroatoms. The maximum atomic E-state index is 5.75. The molecule has 0 aromatic heterocycles. The van der Waals surface area contributed by atoms with Crippen molar-refractivity contribution >= 4 is 0 Å². The Morgan fingerprint density at radius 3 is 2.35 bits per heavy atom. The molecule has 2 nitrogen and oxygen atoms in total. The smallest absolute Gasteiger partial charge is 0.0726 e. The zero-order valence-electron chi connectivity index (χ0n) is 11.4. The minimum atomic E-state index is 0.232. The Balaban J connectivity index is 1.65. The first-order chi connectivity index (χ1) is 8.15. The van der Waals surface area contributed by atoms with E-state index in [9.17, 15) is 0 Å². The van der Waals surface area contributed by atoms with Gasteiger partial charge in [0.15, 0.2) is 0 Å². The van der Waals surface area contributed by atoms with Gasteiger partial charge in [-0.25, -0.2) is 0 Å². The molecule has 2 aliphatic carbocycles. The monoisotopic (exact) mass is 237 g/mol. The lowest BCUT2D eigenvalue weighted by Gasteiger charge is -2.55. The minimum absolute atomic E-state index is 0.232. The van der Waals surface area contributed by atoms with E-state index < -0.39 is 0 Å². The molecule has 3 unspecified atom stereocenters. The van der Waals surface area contributed by atoms with Crippen LogP contribution in [0.15, 0.2) is 0 Å². The third-order valence-electron chi connectivity index (χ3n) is 5.91. The molecular formula is C15H27NO. The van der Waals surface area contributed by atoms with Gasteiger partial charge in [-0.05, 0) is 51.4 Å². The van der Waals surface area contributed by atoms with Crippen LogP contribution in [0.25, 0.3) is 0 Å². The molecule has 1 aliphatic heterocycles. The van der Waals surface area contributed by atoms with Gasteiger partial charge in [0.05, 0.1) is 6.10 Å². The summed E-state index contributed by atoms with van der Waals surface area (Å²) in [6, 6.07) is 0.775. The first kappa shape index (κ1) is 12.0. The fourth-order valence-electron chi connectivity index (χ4n) is 4.20. The molecule has 3 aliphatic rings. The fourth-order valence-corrected chi connectivity index (χ4v) is 4.20. The Labute approximate surface area is 105 Å². The van der Waals surface area contributed by atoms with E-state index in [-0.39, 0.29) is 5.54 Å². The second-order valence-electron chi connectivity index (χ2n) is 6.84. The Bertz CT molecular complexity index is 285. The van der Waals surface area contributed by atoms with Crippen molar-refractivity contribution in [1.29, 1.82) is 0 Å². The van der Waals surface area contributed by atoms with Gasteiger partial charge in [-0.1, -0.05) is 19.3 Å². The van der Waals surface area contributed by atoms with Crippen molar-refractivity contribution in [3.05, 3.63) is 0 Å². The Hall–Kier alpha value is -0.0800. The number of nitrogens with one attached hydrogen (secondary N) is 1. The van der Waals surface area contributed by atoms with Crippen molar-refractivity contribution in [3.8, 4) is 0 Å². The highest BCUT2D eigenvalue weighted by Crippen LogP contribution is 2.52. The lowest BCUT2D eigenvalue weighted by atomic mass is 9.57. The SMILES string of the molecule is CC1OCCC1(C)NC1CCC12CCCCC2. The number of hydrogen-bond acceptors (Lipinski definition) is 2. The average Bonchev–Trinajstić information content (AvgIpc) is 2.67. The largest absolute Gasteiger partial charge is 0.377 e. The molecule has 1 saturated heterocycles. The van der Waals surface area contributed by atoms with Crippen LogP contribution in [0, 0.1) is 5.41 Å². The third kappa shape index (κ3) is 1.94. The molecule has 1 spiro atoms. The van der Waals surface area contributed by atoms with Crippen molar-refractivity contribution in [3.63, 3.8) is 0 Å². The lowest BCUT2D eigenvalue weighted by Crippen LogP contribution is -2.62. The maximum Gasteiger partial charge on any atom is 0.0726 e. The van der Waals surface area contributed by atoms with Crippen molar-refractivity contribution in [2.75, 3.05) is 6.61 Å². The minimum Gasteiger partial charge on any atom is -0.377 e. The molecule has 3 atom stereocenters. The van der Waals surface area contributed by atoms with Crippen LogP contribution in [0.2, 0.25) is 0 Å². The quantitative estimate of drug-likeness (QED) is 0.796. The highest BCUT2D eigenvalue weighted by atomic mass is 16.5. The van der Waals surface area contributed by atoms with E-state index in [0.717, 1.165) is 12.6 Å². The molecule has 17 heavy (non-hydrogen) atoms. The van der Waals surface area contributed by atoms with Gasteiger partial charge in [0.2, 0.25) is 0 Å². The zero-order chi connectivity index (χ0) is 11.9. The molecule has 1 N–H and O–H groups in total. The van der Waals surface area contributed by atoms with Crippen LogP contribution in [0.4, 0.5) is 0 Å². The normalized spacial score (nSPS) is 44.8. The number of ether oxygens (including phenoxy) is 1. The van der Waals surface area contributed by atoms with E-state index in [0.29, 0.717) is 11.5 Å². The van der Waals surface area contributed by atoms with E-state index in [1.54, 1.807) is 0 Å². The summed E-state index contributed by atoms with van der Waals surface area (Å²) in [6.07, 6.45) is 11.7. The third-order valence-corrected chi connectivity index (χ3v) is 5.91. The van der Waals surface area contributed by atoms with Crippen LogP contribution in [-0.2, 0) is 4.74 Å². The van der Waals surface area contributed by atoms with Crippen LogP contribution in [0.5, 0.6) is 0 Å². The number of rotatable bonds is 2. The van der Waals surface area contributed by atoms with Crippen LogP contribution < -0.4 is 5.32 Å². The molecule has 3 rings (SSSR count). The topological polar surface area (TPSA) is 21.3 Å². The molecule has 3 fully saturated rings. The summed E-state index contributed by atoms with van der Waals surface area (Å²) in [5.41, 5.74) is 0.902. The first-order valence-electron chi connectivity index (χ1n) is 7.54.